The lowest BCUT2D eigenvalue weighted by Gasteiger charge is -2.06. The highest BCUT2D eigenvalue weighted by molar-refractivity contribution is 7.09. The number of benzene rings is 1. The highest BCUT2D eigenvalue weighted by Crippen LogP contribution is 2.26. The van der Waals surface area contributed by atoms with Gasteiger partial charge in [-0.05, 0) is 49.6 Å². The Morgan fingerprint density at radius 1 is 1.32 bits per heavy atom. The molecule has 0 spiro atoms. The summed E-state index contributed by atoms with van der Waals surface area (Å²) in [7, 11) is 1.93. The first-order chi connectivity index (χ1) is 9.35. The van der Waals surface area contributed by atoms with Crippen LogP contribution in [0.15, 0.2) is 23.6 Å². The zero-order valence-corrected chi connectivity index (χ0v) is 11.9. The number of hydrogen-bond acceptors (Lipinski definition) is 4. The van der Waals surface area contributed by atoms with Gasteiger partial charge in [0.2, 0.25) is 0 Å². The molecule has 1 aromatic heterocycles. The van der Waals surface area contributed by atoms with Crippen LogP contribution in [0.3, 0.4) is 0 Å². The van der Waals surface area contributed by atoms with Crippen LogP contribution in [0, 0.1) is 0 Å². The van der Waals surface area contributed by atoms with Gasteiger partial charge in [-0.25, -0.2) is 4.98 Å². The zero-order chi connectivity index (χ0) is 13.1. The Morgan fingerprint density at radius 2 is 2.21 bits per heavy atom. The zero-order valence-electron chi connectivity index (χ0n) is 11.1. The van der Waals surface area contributed by atoms with Gasteiger partial charge in [0, 0.05) is 11.9 Å². The van der Waals surface area contributed by atoms with Crippen LogP contribution in [0.1, 0.15) is 28.2 Å². The number of fused-ring (bicyclic) bond motifs is 1. The maximum atomic E-state index is 5.84. The molecule has 3 nitrogen and oxygen atoms in total. The van der Waals surface area contributed by atoms with E-state index in [0.717, 1.165) is 23.0 Å². The highest BCUT2D eigenvalue weighted by atomic mass is 32.1. The van der Waals surface area contributed by atoms with Crippen LogP contribution in [0.25, 0.3) is 0 Å². The van der Waals surface area contributed by atoms with Gasteiger partial charge >= 0.3 is 0 Å². The molecule has 0 saturated heterocycles. The molecule has 0 atom stereocenters. The van der Waals surface area contributed by atoms with Gasteiger partial charge in [-0.15, -0.1) is 11.3 Å². The molecule has 1 aliphatic rings. The van der Waals surface area contributed by atoms with E-state index < -0.39 is 0 Å². The Hall–Kier alpha value is -1.39. The summed E-state index contributed by atoms with van der Waals surface area (Å²) in [6, 6.07) is 6.46. The van der Waals surface area contributed by atoms with Gasteiger partial charge < -0.3 is 10.1 Å². The molecule has 19 heavy (non-hydrogen) atoms. The van der Waals surface area contributed by atoms with Gasteiger partial charge in [-0.1, -0.05) is 6.07 Å². The summed E-state index contributed by atoms with van der Waals surface area (Å²) in [5, 5.41) is 6.22. The Morgan fingerprint density at radius 3 is 3.11 bits per heavy atom. The minimum atomic E-state index is 0.563. The van der Waals surface area contributed by atoms with Crippen LogP contribution >= 0.6 is 11.3 Å². The number of ether oxygens (including phenoxy) is 1. The number of aryl methyl sites for hydroxylation is 2. The standard InChI is InChI=1S/C15H18N2OS/c1-16-8-13-10-19-15(17-13)9-18-14-6-5-11-3-2-4-12(11)7-14/h5-7,10,16H,2-4,8-9H2,1H3. The van der Waals surface area contributed by atoms with E-state index >= 15 is 0 Å². The van der Waals surface area contributed by atoms with Crippen LogP contribution < -0.4 is 10.1 Å². The summed E-state index contributed by atoms with van der Waals surface area (Å²) in [6.45, 7) is 1.38. The highest BCUT2D eigenvalue weighted by Gasteiger charge is 2.11. The second-order valence-corrected chi connectivity index (χ2v) is 5.78. The number of nitrogens with one attached hydrogen (secondary N) is 1. The van der Waals surface area contributed by atoms with Crippen molar-refractivity contribution in [1.29, 1.82) is 0 Å². The van der Waals surface area contributed by atoms with E-state index in [1.54, 1.807) is 11.3 Å². The van der Waals surface area contributed by atoms with E-state index in [9.17, 15) is 0 Å². The Balaban J connectivity index is 1.62. The number of thiazole rings is 1. The van der Waals surface area contributed by atoms with E-state index in [1.807, 2.05) is 7.05 Å². The molecule has 0 fully saturated rings. The van der Waals surface area contributed by atoms with Crippen molar-refractivity contribution in [3.8, 4) is 5.75 Å². The molecule has 0 radical (unpaired) electrons. The summed E-state index contributed by atoms with van der Waals surface area (Å²) >= 11 is 1.66. The summed E-state index contributed by atoms with van der Waals surface area (Å²) in [5.41, 5.74) is 4.02. The van der Waals surface area contributed by atoms with E-state index in [2.05, 4.69) is 33.9 Å². The maximum absolute atomic E-state index is 5.84. The molecule has 100 valence electrons. The summed E-state index contributed by atoms with van der Waals surface area (Å²) in [4.78, 5) is 4.52. The normalized spacial score (nSPS) is 13.5. The number of rotatable bonds is 5. The van der Waals surface area contributed by atoms with Crippen molar-refractivity contribution < 1.29 is 4.74 Å². The first-order valence-corrected chi connectivity index (χ1v) is 7.55. The SMILES string of the molecule is CNCc1csc(COc2ccc3c(c2)CCC3)n1. The van der Waals surface area contributed by atoms with Crippen molar-refractivity contribution in [3.05, 3.63) is 45.4 Å². The molecule has 0 aliphatic heterocycles. The third kappa shape index (κ3) is 2.96. The van der Waals surface area contributed by atoms with Crippen LogP contribution in [0.4, 0.5) is 0 Å². The molecule has 1 heterocycles. The second kappa shape index (κ2) is 5.72. The van der Waals surface area contributed by atoms with E-state index in [1.165, 1.54) is 30.4 Å². The third-order valence-corrected chi connectivity index (χ3v) is 4.26. The quantitative estimate of drug-likeness (QED) is 0.910. The van der Waals surface area contributed by atoms with Crippen molar-refractivity contribution in [2.45, 2.75) is 32.4 Å². The van der Waals surface area contributed by atoms with Crippen LogP contribution in [-0.2, 0) is 26.0 Å². The summed E-state index contributed by atoms with van der Waals surface area (Å²) < 4.78 is 5.84. The maximum Gasteiger partial charge on any atom is 0.140 e. The van der Waals surface area contributed by atoms with Gasteiger partial charge in [-0.3, -0.25) is 0 Å². The molecule has 0 amide bonds. The average Bonchev–Trinajstić information content (AvgIpc) is 3.04. The molecule has 0 unspecified atom stereocenters. The lowest BCUT2D eigenvalue weighted by Crippen LogP contribution is -2.05. The monoisotopic (exact) mass is 274 g/mol. The van der Waals surface area contributed by atoms with Crippen LogP contribution in [-0.4, -0.2) is 12.0 Å². The van der Waals surface area contributed by atoms with Gasteiger partial charge in [-0.2, -0.15) is 0 Å². The third-order valence-electron chi connectivity index (χ3n) is 3.39. The van der Waals surface area contributed by atoms with Gasteiger partial charge in [0.15, 0.2) is 0 Å². The average molecular weight is 274 g/mol. The molecule has 2 aromatic rings. The largest absolute Gasteiger partial charge is 0.486 e. The van der Waals surface area contributed by atoms with E-state index in [4.69, 9.17) is 4.74 Å². The van der Waals surface area contributed by atoms with Crippen molar-refractivity contribution in [2.75, 3.05) is 7.05 Å². The topological polar surface area (TPSA) is 34.1 Å². The van der Waals surface area contributed by atoms with Crippen LogP contribution in [0.2, 0.25) is 0 Å². The Labute approximate surface area is 117 Å². The van der Waals surface area contributed by atoms with E-state index in [0.29, 0.717) is 6.61 Å². The van der Waals surface area contributed by atoms with Crippen LogP contribution in [0.5, 0.6) is 5.75 Å². The lowest BCUT2D eigenvalue weighted by molar-refractivity contribution is 0.305. The first-order valence-electron chi connectivity index (χ1n) is 6.67. The first kappa shape index (κ1) is 12.6. The van der Waals surface area contributed by atoms with Gasteiger partial charge in [0.05, 0.1) is 5.69 Å². The lowest BCUT2D eigenvalue weighted by atomic mass is 10.1. The molecular weight excluding hydrogens is 256 g/mol. The van der Waals surface area contributed by atoms with E-state index in [-0.39, 0.29) is 0 Å². The molecular formula is C15H18N2OS. The number of nitrogens with zero attached hydrogens (tertiary/aromatic N) is 1. The predicted octanol–water partition coefficient (Wildman–Crippen LogP) is 2.93. The number of hydrogen-bond donors (Lipinski definition) is 1. The smallest absolute Gasteiger partial charge is 0.140 e. The molecule has 4 heteroatoms. The fraction of sp³-hybridized carbons (Fsp3) is 0.400. The molecule has 0 bridgehead atoms. The molecule has 3 rings (SSSR count). The molecule has 1 aliphatic carbocycles. The predicted molar refractivity (Wildman–Crippen MR) is 77.7 cm³/mol. The molecule has 1 aromatic carbocycles. The molecule has 1 N–H and O–H groups in total. The van der Waals surface area contributed by atoms with Gasteiger partial charge in [0.1, 0.15) is 17.4 Å². The minimum Gasteiger partial charge on any atom is -0.486 e. The van der Waals surface area contributed by atoms with Crippen molar-refractivity contribution in [1.82, 2.24) is 10.3 Å². The summed E-state index contributed by atoms with van der Waals surface area (Å²) in [6.07, 6.45) is 3.68. The van der Waals surface area contributed by atoms with Crippen molar-refractivity contribution in [2.24, 2.45) is 0 Å². The van der Waals surface area contributed by atoms with Crippen molar-refractivity contribution in [3.63, 3.8) is 0 Å². The van der Waals surface area contributed by atoms with Gasteiger partial charge in [0.25, 0.3) is 0 Å². The Kier molecular flexibility index (Phi) is 3.80. The fourth-order valence-corrected chi connectivity index (χ4v) is 3.17. The van der Waals surface area contributed by atoms with Crippen molar-refractivity contribution >= 4 is 11.3 Å². The summed E-state index contributed by atoms with van der Waals surface area (Å²) in [5.74, 6) is 0.964. The second-order valence-electron chi connectivity index (χ2n) is 4.84. The fourth-order valence-electron chi connectivity index (χ4n) is 2.46. The molecule has 0 saturated carbocycles. The number of aromatic nitrogens is 1. The minimum absolute atomic E-state index is 0.563. The Bertz CT molecular complexity index is 565.